The minimum absolute atomic E-state index is 0.268. The molecule has 0 saturated heterocycles. The predicted octanol–water partition coefficient (Wildman–Crippen LogP) is 7.11. The normalized spacial score (nSPS) is 11.3. The molecule has 1 N–H and O–H groups in total. The van der Waals surface area contributed by atoms with Crippen molar-refractivity contribution in [2.45, 2.75) is 6.92 Å². The fraction of sp³-hybridized carbons (Fsp3) is 0.0435. The first-order valence-corrected chi connectivity index (χ1v) is 9.91. The minimum atomic E-state index is -0.346. The largest absolute Gasteiger partial charge is 0.451 e. The molecule has 5 aromatic rings. The van der Waals surface area contributed by atoms with Crippen molar-refractivity contribution >= 4 is 56.9 Å². The number of furan rings is 1. The zero-order valence-corrected chi connectivity index (χ0v) is 17.2. The number of rotatable bonds is 3. The number of hydrogen-bond acceptors (Lipinski definition) is 4. The van der Waals surface area contributed by atoms with Gasteiger partial charge in [0.25, 0.3) is 5.91 Å². The second-order valence-electron chi connectivity index (χ2n) is 6.83. The number of anilines is 1. The summed E-state index contributed by atoms with van der Waals surface area (Å²) in [5, 5.41) is 4.78. The molecular formula is C23H14Cl2N2O3. The number of nitrogens with one attached hydrogen (secondary N) is 1. The smallest absolute Gasteiger partial charge is 0.291 e. The number of amides is 1. The molecule has 0 aliphatic carbocycles. The van der Waals surface area contributed by atoms with E-state index >= 15 is 0 Å². The van der Waals surface area contributed by atoms with Gasteiger partial charge in [0.2, 0.25) is 5.89 Å². The molecule has 0 fully saturated rings. The Morgan fingerprint density at radius 2 is 1.80 bits per heavy atom. The molecule has 0 spiro atoms. The van der Waals surface area contributed by atoms with Gasteiger partial charge in [0.1, 0.15) is 11.1 Å². The molecule has 148 valence electrons. The fourth-order valence-corrected chi connectivity index (χ4v) is 3.73. The van der Waals surface area contributed by atoms with Gasteiger partial charge in [-0.25, -0.2) is 4.98 Å². The van der Waals surface area contributed by atoms with Crippen molar-refractivity contribution in [1.82, 2.24) is 4.98 Å². The number of benzene rings is 3. The number of hydrogen-bond donors (Lipinski definition) is 1. The molecule has 2 aromatic heterocycles. The van der Waals surface area contributed by atoms with Crippen LogP contribution in [0.25, 0.3) is 33.5 Å². The highest BCUT2D eigenvalue weighted by atomic mass is 35.5. The van der Waals surface area contributed by atoms with Crippen LogP contribution in [0.1, 0.15) is 16.1 Å². The predicted molar refractivity (Wildman–Crippen MR) is 118 cm³/mol. The Bertz CT molecular complexity index is 1440. The Hall–Kier alpha value is -3.28. The SMILES string of the molecule is Cc1c(C(=O)Nc2ccc(Cl)c(-c3nc4cc(Cl)ccc4o3)c2)oc2ccccc12. The van der Waals surface area contributed by atoms with E-state index in [2.05, 4.69) is 10.3 Å². The van der Waals surface area contributed by atoms with E-state index in [0.29, 0.717) is 43.9 Å². The average molecular weight is 437 g/mol. The molecule has 3 aromatic carbocycles. The van der Waals surface area contributed by atoms with Crippen LogP contribution in [0.2, 0.25) is 10.0 Å². The Morgan fingerprint density at radius 1 is 0.967 bits per heavy atom. The van der Waals surface area contributed by atoms with Crippen LogP contribution in [0.3, 0.4) is 0 Å². The minimum Gasteiger partial charge on any atom is -0.451 e. The van der Waals surface area contributed by atoms with E-state index in [9.17, 15) is 4.79 Å². The van der Waals surface area contributed by atoms with Crippen LogP contribution < -0.4 is 5.32 Å². The summed E-state index contributed by atoms with van der Waals surface area (Å²) in [6.45, 7) is 1.86. The van der Waals surface area contributed by atoms with Crippen LogP contribution in [0.15, 0.2) is 69.5 Å². The van der Waals surface area contributed by atoms with E-state index in [1.807, 2.05) is 31.2 Å². The molecule has 0 radical (unpaired) electrons. The number of oxazole rings is 1. The highest BCUT2D eigenvalue weighted by Crippen LogP contribution is 2.33. The first-order valence-electron chi connectivity index (χ1n) is 9.15. The monoisotopic (exact) mass is 436 g/mol. The Kier molecular flexibility index (Phi) is 4.50. The first kappa shape index (κ1) is 18.7. The Morgan fingerprint density at radius 3 is 2.63 bits per heavy atom. The zero-order chi connectivity index (χ0) is 20.8. The summed E-state index contributed by atoms with van der Waals surface area (Å²) < 4.78 is 11.5. The van der Waals surface area contributed by atoms with Gasteiger partial charge in [-0.2, -0.15) is 0 Å². The van der Waals surface area contributed by atoms with Crippen molar-refractivity contribution in [3.8, 4) is 11.5 Å². The van der Waals surface area contributed by atoms with Gasteiger partial charge in [0.15, 0.2) is 11.3 Å². The maximum Gasteiger partial charge on any atom is 0.291 e. The molecule has 0 unspecified atom stereocenters. The Balaban J connectivity index is 1.49. The van der Waals surface area contributed by atoms with Crippen LogP contribution in [-0.2, 0) is 0 Å². The van der Waals surface area contributed by atoms with Gasteiger partial charge in [-0.1, -0.05) is 41.4 Å². The van der Waals surface area contributed by atoms with Crippen molar-refractivity contribution in [1.29, 1.82) is 0 Å². The van der Waals surface area contributed by atoms with Crippen molar-refractivity contribution in [3.63, 3.8) is 0 Å². The summed E-state index contributed by atoms with van der Waals surface area (Å²) in [5.41, 5.74) is 3.77. The molecule has 30 heavy (non-hydrogen) atoms. The van der Waals surface area contributed by atoms with Crippen molar-refractivity contribution in [2.75, 3.05) is 5.32 Å². The number of nitrogens with zero attached hydrogens (tertiary/aromatic N) is 1. The lowest BCUT2D eigenvalue weighted by molar-refractivity contribution is 0.0998. The second kappa shape index (κ2) is 7.20. The number of fused-ring (bicyclic) bond motifs is 2. The molecule has 0 aliphatic rings. The molecule has 5 nitrogen and oxygen atoms in total. The zero-order valence-electron chi connectivity index (χ0n) is 15.7. The summed E-state index contributed by atoms with van der Waals surface area (Å²) in [7, 11) is 0. The molecule has 7 heteroatoms. The summed E-state index contributed by atoms with van der Waals surface area (Å²) >= 11 is 12.4. The van der Waals surface area contributed by atoms with Crippen LogP contribution in [0, 0.1) is 6.92 Å². The van der Waals surface area contributed by atoms with Crippen molar-refractivity contribution in [3.05, 3.63) is 82.0 Å². The third-order valence-electron chi connectivity index (χ3n) is 4.85. The van der Waals surface area contributed by atoms with Crippen LogP contribution in [0.5, 0.6) is 0 Å². The topological polar surface area (TPSA) is 68.3 Å². The van der Waals surface area contributed by atoms with Gasteiger partial charge in [-0.05, 0) is 49.4 Å². The molecule has 0 saturated carbocycles. The number of aryl methyl sites for hydroxylation is 1. The summed E-state index contributed by atoms with van der Waals surface area (Å²) in [6.07, 6.45) is 0. The molecular weight excluding hydrogens is 423 g/mol. The number of aromatic nitrogens is 1. The van der Waals surface area contributed by atoms with E-state index in [0.717, 1.165) is 10.9 Å². The molecule has 0 aliphatic heterocycles. The van der Waals surface area contributed by atoms with Crippen LogP contribution in [0.4, 0.5) is 5.69 Å². The van der Waals surface area contributed by atoms with Gasteiger partial charge in [-0.15, -0.1) is 0 Å². The lowest BCUT2D eigenvalue weighted by Crippen LogP contribution is -2.12. The quantitative estimate of drug-likeness (QED) is 0.327. The molecule has 0 atom stereocenters. The molecule has 1 amide bonds. The Labute approximate surface area is 181 Å². The summed E-state index contributed by atoms with van der Waals surface area (Å²) in [4.78, 5) is 17.3. The van der Waals surface area contributed by atoms with Crippen LogP contribution >= 0.6 is 23.2 Å². The number of carbonyl (C=O) groups is 1. The van der Waals surface area contributed by atoms with E-state index < -0.39 is 0 Å². The second-order valence-corrected chi connectivity index (χ2v) is 7.68. The third-order valence-corrected chi connectivity index (χ3v) is 5.42. The fourth-order valence-electron chi connectivity index (χ4n) is 3.36. The van der Waals surface area contributed by atoms with E-state index in [1.165, 1.54) is 0 Å². The number of halogens is 2. The lowest BCUT2D eigenvalue weighted by Gasteiger charge is -2.07. The van der Waals surface area contributed by atoms with Gasteiger partial charge in [0, 0.05) is 21.7 Å². The maximum atomic E-state index is 12.8. The highest BCUT2D eigenvalue weighted by molar-refractivity contribution is 6.33. The van der Waals surface area contributed by atoms with Gasteiger partial charge in [-0.3, -0.25) is 4.79 Å². The van der Waals surface area contributed by atoms with Crippen molar-refractivity contribution < 1.29 is 13.6 Å². The van der Waals surface area contributed by atoms with E-state index in [1.54, 1.807) is 36.4 Å². The average Bonchev–Trinajstić information content (AvgIpc) is 3.30. The third kappa shape index (κ3) is 3.22. The molecule has 2 heterocycles. The van der Waals surface area contributed by atoms with Crippen molar-refractivity contribution in [2.24, 2.45) is 0 Å². The lowest BCUT2D eigenvalue weighted by atomic mass is 10.1. The number of para-hydroxylation sites is 1. The highest BCUT2D eigenvalue weighted by Gasteiger charge is 2.19. The van der Waals surface area contributed by atoms with E-state index in [4.69, 9.17) is 32.0 Å². The first-order chi connectivity index (χ1) is 14.5. The molecule has 5 rings (SSSR count). The summed E-state index contributed by atoms with van der Waals surface area (Å²) in [5.74, 6) is 0.263. The summed E-state index contributed by atoms with van der Waals surface area (Å²) in [6, 6.07) is 17.8. The van der Waals surface area contributed by atoms with Gasteiger partial charge >= 0.3 is 0 Å². The van der Waals surface area contributed by atoms with Gasteiger partial charge in [0.05, 0.1) is 10.6 Å². The molecule has 0 bridgehead atoms. The van der Waals surface area contributed by atoms with Crippen LogP contribution in [-0.4, -0.2) is 10.9 Å². The maximum absolute atomic E-state index is 12.8. The van der Waals surface area contributed by atoms with Gasteiger partial charge < -0.3 is 14.2 Å². The standard InChI is InChI=1S/C23H14Cl2N2O3/c1-12-15-4-2-3-5-19(15)29-21(12)22(28)26-14-7-8-17(25)16(11-14)23-27-18-10-13(24)6-9-20(18)30-23/h2-11H,1H3,(H,26,28). The number of carbonyl (C=O) groups excluding carboxylic acids is 1. The van der Waals surface area contributed by atoms with E-state index in [-0.39, 0.29) is 11.7 Å².